The van der Waals surface area contributed by atoms with E-state index in [0.29, 0.717) is 19.3 Å². The van der Waals surface area contributed by atoms with E-state index in [2.05, 4.69) is 16.9 Å². The highest BCUT2D eigenvalue weighted by Crippen LogP contribution is 2.71. The number of rotatable bonds is 10. The van der Waals surface area contributed by atoms with Crippen LogP contribution in [0.5, 0.6) is 0 Å². The molecule has 3 fully saturated rings. The van der Waals surface area contributed by atoms with Crippen molar-refractivity contribution in [2.45, 2.75) is 68.3 Å². The van der Waals surface area contributed by atoms with Crippen LogP contribution in [0.4, 0.5) is 0 Å². The standard InChI is InChI=1S/C27H35N5O5S/c1-5-14-30(16-31-19-11-9-8-10-18(19)28-29-31)24(35)22-27-13-12-26(4,38-27)21(25(36)37-7-3)20(27)23(34)32(22)17(6-2)15-33/h5,8-11,17,20-22,33H,1,6-7,12-16H2,2-4H3/t17-,20-,21-,22?,26+,27?/m0/s1. The second-order valence-corrected chi connectivity index (χ2v) is 12.4. The average Bonchev–Trinajstić information content (AvgIpc) is 3.61. The van der Waals surface area contributed by atoms with E-state index in [4.69, 9.17) is 4.74 Å². The molecule has 204 valence electrons. The lowest BCUT2D eigenvalue weighted by Gasteiger charge is -2.39. The summed E-state index contributed by atoms with van der Waals surface area (Å²) in [5.74, 6) is -2.20. The summed E-state index contributed by atoms with van der Waals surface area (Å²) in [5.41, 5.74) is 1.51. The number of aliphatic hydroxyl groups is 1. The van der Waals surface area contributed by atoms with E-state index < -0.39 is 33.4 Å². The van der Waals surface area contributed by atoms with Gasteiger partial charge in [-0.3, -0.25) is 14.4 Å². The third-order valence-corrected chi connectivity index (χ3v) is 10.4. The Kier molecular flexibility index (Phi) is 7.02. The number of nitrogens with zero attached hydrogens (tertiary/aromatic N) is 5. The van der Waals surface area contributed by atoms with Gasteiger partial charge in [0, 0.05) is 11.3 Å². The van der Waals surface area contributed by atoms with E-state index >= 15 is 0 Å². The van der Waals surface area contributed by atoms with Gasteiger partial charge in [0.05, 0.1) is 41.4 Å². The van der Waals surface area contributed by atoms with Gasteiger partial charge in [0.15, 0.2) is 0 Å². The van der Waals surface area contributed by atoms with Gasteiger partial charge in [0.1, 0.15) is 18.2 Å². The zero-order chi connectivity index (χ0) is 27.2. The Hall–Kier alpha value is -2.92. The van der Waals surface area contributed by atoms with Gasteiger partial charge in [-0.1, -0.05) is 30.3 Å². The molecule has 0 saturated carbocycles. The molecule has 5 rings (SSSR count). The first-order valence-corrected chi connectivity index (χ1v) is 14.1. The summed E-state index contributed by atoms with van der Waals surface area (Å²) >= 11 is 1.59. The van der Waals surface area contributed by atoms with Crippen molar-refractivity contribution in [1.82, 2.24) is 24.8 Å². The van der Waals surface area contributed by atoms with Gasteiger partial charge in [-0.05, 0) is 45.2 Å². The summed E-state index contributed by atoms with van der Waals surface area (Å²) in [6.07, 6.45) is 3.46. The predicted molar refractivity (Wildman–Crippen MR) is 143 cm³/mol. The highest BCUT2D eigenvalue weighted by molar-refractivity contribution is 8.02. The minimum Gasteiger partial charge on any atom is -0.466 e. The molecule has 4 heterocycles. The smallest absolute Gasteiger partial charge is 0.311 e. The number of benzene rings is 1. The summed E-state index contributed by atoms with van der Waals surface area (Å²) in [5, 5.41) is 18.7. The molecule has 3 aliphatic rings. The molecule has 3 aliphatic heterocycles. The van der Waals surface area contributed by atoms with Gasteiger partial charge in [-0.2, -0.15) is 0 Å². The highest BCUT2D eigenvalue weighted by atomic mass is 32.2. The van der Waals surface area contributed by atoms with Crippen LogP contribution in [0.25, 0.3) is 11.0 Å². The van der Waals surface area contributed by atoms with Crippen molar-refractivity contribution < 1.29 is 24.2 Å². The molecule has 3 saturated heterocycles. The Labute approximate surface area is 226 Å². The molecule has 2 unspecified atom stereocenters. The number of aromatic nitrogens is 3. The number of aliphatic hydroxyl groups excluding tert-OH is 1. The van der Waals surface area contributed by atoms with Crippen LogP contribution in [0.1, 0.15) is 40.0 Å². The van der Waals surface area contributed by atoms with Crippen LogP contribution in [0.15, 0.2) is 36.9 Å². The Morgan fingerprint density at radius 3 is 2.79 bits per heavy atom. The Bertz CT molecular complexity index is 1260. The summed E-state index contributed by atoms with van der Waals surface area (Å²) in [6, 6.07) is 6.15. The molecular weight excluding hydrogens is 506 g/mol. The molecule has 0 aliphatic carbocycles. The Morgan fingerprint density at radius 1 is 1.34 bits per heavy atom. The fraction of sp³-hybridized carbons (Fsp3) is 0.593. The van der Waals surface area contributed by atoms with E-state index in [0.717, 1.165) is 11.0 Å². The van der Waals surface area contributed by atoms with Crippen molar-refractivity contribution in [2.24, 2.45) is 11.8 Å². The summed E-state index contributed by atoms with van der Waals surface area (Å²) in [4.78, 5) is 45.1. The maximum absolute atomic E-state index is 14.5. The lowest BCUT2D eigenvalue weighted by atomic mass is 9.66. The number of fused-ring (bicyclic) bond motifs is 2. The van der Waals surface area contributed by atoms with Crippen molar-refractivity contribution in [3.05, 3.63) is 36.9 Å². The fourth-order valence-corrected chi connectivity index (χ4v) is 9.10. The van der Waals surface area contributed by atoms with Crippen molar-refractivity contribution in [2.75, 3.05) is 19.8 Å². The fourth-order valence-electron chi connectivity index (χ4n) is 6.77. The van der Waals surface area contributed by atoms with Crippen LogP contribution >= 0.6 is 11.8 Å². The van der Waals surface area contributed by atoms with E-state index in [-0.39, 0.29) is 44.2 Å². The second-order valence-electron chi connectivity index (χ2n) is 10.5. The van der Waals surface area contributed by atoms with Crippen molar-refractivity contribution >= 4 is 40.6 Å². The van der Waals surface area contributed by atoms with Gasteiger partial charge >= 0.3 is 5.97 Å². The second kappa shape index (κ2) is 10.00. The predicted octanol–water partition coefficient (Wildman–Crippen LogP) is 2.22. The monoisotopic (exact) mass is 541 g/mol. The Balaban J connectivity index is 1.57. The molecule has 0 radical (unpaired) electrons. The van der Waals surface area contributed by atoms with Gasteiger partial charge < -0.3 is 19.6 Å². The zero-order valence-corrected chi connectivity index (χ0v) is 22.9. The van der Waals surface area contributed by atoms with E-state index in [1.807, 2.05) is 38.1 Å². The number of thioether (sulfide) groups is 1. The Morgan fingerprint density at radius 2 is 2.11 bits per heavy atom. The van der Waals surface area contributed by atoms with Crippen molar-refractivity contribution in [1.29, 1.82) is 0 Å². The number of amides is 2. The first kappa shape index (κ1) is 26.7. The van der Waals surface area contributed by atoms with E-state index in [1.165, 1.54) is 0 Å². The number of likely N-dealkylation sites (tertiary alicyclic amines) is 1. The summed E-state index contributed by atoms with van der Waals surface area (Å²) in [7, 11) is 0. The maximum atomic E-state index is 14.5. The minimum absolute atomic E-state index is 0.129. The van der Waals surface area contributed by atoms with Crippen LogP contribution in [-0.4, -0.2) is 89.0 Å². The average molecular weight is 542 g/mol. The van der Waals surface area contributed by atoms with Gasteiger partial charge in [-0.15, -0.1) is 23.4 Å². The number of carbonyl (C=O) groups excluding carboxylic acids is 3. The van der Waals surface area contributed by atoms with Crippen molar-refractivity contribution in [3.63, 3.8) is 0 Å². The van der Waals surface area contributed by atoms with Gasteiger partial charge in [0.2, 0.25) is 11.8 Å². The van der Waals surface area contributed by atoms with Gasteiger partial charge in [0.25, 0.3) is 0 Å². The number of carbonyl (C=O) groups is 3. The lowest BCUT2D eigenvalue weighted by Crippen LogP contribution is -2.57. The SMILES string of the molecule is C=CCN(Cn1nnc2ccccc21)C(=O)C1N([C@@H](CC)CO)C(=O)[C@@H]2[C@@H](C(=O)OCC)[C@@]3(C)CCC12S3. The molecule has 2 amide bonds. The molecule has 10 nitrogen and oxygen atoms in total. The van der Waals surface area contributed by atoms with Crippen LogP contribution < -0.4 is 0 Å². The molecule has 6 atom stereocenters. The number of hydrogen-bond acceptors (Lipinski definition) is 8. The molecule has 1 N–H and O–H groups in total. The third-order valence-electron chi connectivity index (χ3n) is 8.45. The maximum Gasteiger partial charge on any atom is 0.311 e. The van der Waals surface area contributed by atoms with Crippen LogP contribution in [0, 0.1) is 11.8 Å². The van der Waals surface area contributed by atoms with Crippen LogP contribution in [0.3, 0.4) is 0 Å². The largest absolute Gasteiger partial charge is 0.466 e. The molecule has 1 spiro atoms. The molecule has 2 bridgehead atoms. The first-order valence-electron chi connectivity index (χ1n) is 13.2. The van der Waals surface area contributed by atoms with Crippen LogP contribution in [0.2, 0.25) is 0 Å². The van der Waals surface area contributed by atoms with Crippen molar-refractivity contribution in [3.8, 4) is 0 Å². The summed E-state index contributed by atoms with van der Waals surface area (Å²) in [6.45, 7) is 9.84. The number of hydrogen-bond donors (Lipinski definition) is 1. The molecule has 1 aromatic heterocycles. The molecule has 11 heteroatoms. The normalized spacial score (nSPS) is 30.5. The quantitative estimate of drug-likeness (QED) is 0.359. The molecule has 2 aromatic rings. The molecule has 38 heavy (non-hydrogen) atoms. The molecule has 1 aromatic carbocycles. The summed E-state index contributed by atoms with van der Waals surface area (Å²) < 4.78 is 5.82. The third kappa shape index (κ3) is 3.85. The van der Waals surface area contributed by atoms with E-state index in [1.54, 1.807) is 39.2 Å². The lowest BCUT2D eigenvalue weighted by molar-refractivity contribution is -0.155. The number of esters is 1. The zero-order valence-electron chi connectivity index (χ0n) is 22.1. The number of ether oxygens (including phenoxy) is 1. The van der Waals surface area contributed by atoms with Crippen LogP contribution in [-0.2, 0) is 25.8 Å². The minimum atomic E-state index is -0.835. The topological polar surface area (TPSA) is 118 Å². The highest BCUT2D eigenvalue weighted by Gasteiger charge is 2.78. The van der Waals surface area contributed by atoms with Gasteiger partial charge in [-0.25, -0.2) is 4.68 Å². The number of para-hydroxylation sites is 1. The molecular formula is C27H35N5O5S. The van der Waals surface area contributed by atoms with E-state index in [9.17, 15) is 19.5 Å². The first-order chi connectivity index (χ1) is 18.3.